The third kappa shape index (κ3) is 4.62. The average molecular weight is 428 g/mol. The summed E-state index contributed by atoms with van der Waals surface area (Å²) in [5.41, 5.74) is 2.23. The van der Waals surface area contributed by atoms with Crippen molar-refractivity contribution < 1.29 is 24.0 Å². The summed E-state index contributed by atoms with van der Waals surface area (Å²) < 4.78 is 10.9. The lowest BCUT2D eigenvalue weighted by atomic mass is 10.1. The maximum Gasteiger partial charge on any atom is 0.293 e. The highest BCUT2D eigenvalue weighted by molar-refractivity contribution is 8.18. The molecule has 156 valence electrons. The number of thioether (sulfide) groups is 1. The van der Waals surface area contributed by atoms with Crippen LogP contribution in [0.5, 0.6) is 11.5 Å². The van der Waals surface area contributed by atoms with Crippen LogP contribution in [0.1, 0.15) is 16.7 Å². The minimum Gasteiger partial charge on any atom is -0.496 e. The molecular formula is C21H20N2O6S. The van der Waals surface area contributed by atoms with E-state index in [9.17, 15) is 19.7 Å². The van der Waals surface area contributed by atoms with Crippen molar-refractivity contribution >= 4 is 34.7 Å². The van der Waals surface area contributed by atoms with Gasteiger partial charge in [-0.05, 0) is 54.9 Å². The fourth-order valence-electron chi connectivity index (χ4n) is 2.89. The number of benzene rings is 2. The summed E-state index contributed by atoms with van der Waals surface area (Å²) in [4.78, 5) is 36.8. The second kappa shape index (κ2) is 9.00. The Morgan fingerprint density at radius 2 is 1.90 bits per heavy atom. The summed E-state index contributed by atoms with van der Waals surface area (Å²) in [6.07, 6.45) is 1.43. The molecule has 0 radical (unpaired) electrons. The molecule has 0 atom stereocenters. The van der Waals surface area contributed by atoms with Crippen LogP contribution in [-0.2, 0) is 4.79 Å². The molecule has 1 aliphatic rings. The van der Waals surface area contributed by atoms with E-state index in [1.54, 1.807) is 0 Å². The van der Waals surface area contributed by atoms with Crippen molar-refractivity contribution in [3.8, 4) is 11.5 Å². The van der Waals surface area contributed by atoms with Gasteiger partial charge in [0.1, 0.15) is 18.1 Å². The molecule has 0 saturated carbocycles. The first kappa shape index (κ1) is 21.4. The van der Waals surface area contributed by atoms with Crippen LogP contribution in [0.4, 0.5) is 10.5 Å². The van der Waals surface area contributed by atoms with Crippen molar-refractivity contribution in [2.75, 3.05) is 20.3 Å². The lowest BCUT2D eigenvalue weighted by molar-refractivity contribution is -0.384. The fraction of sp³-hybridized carbons (Fsp3) is 0.238. The molecule has 2 aromatic carbocycles. The Labute approximate surface area is 177 Å². The van der Waals surface area contributed by atoms with Gasteiger partial charge < -0.3 is 9.47 Å². The number of rotatable bonds is 7. The smallest absolute Gasteiger partial charge is 0.293 e. The molecule has 0 aliphatic carbocycles. The van der Waals surface area contributed by atoms with Crippen LogP contribution in [0.3, 0.4) is 0 Å². The van der Waals surface area contributed by atoms with Crippen molar-refractivity contribution in [2.45, 2.75) is 13.8 Å². The van der Waals surface area contributed by atoms with E-state index >= 15 is 0 Å². The van der Waals surface area contributed by atoms with E-state index in [1.165, 1.54) is 31.4 Å². The number of hydrogen-bond acceptors (Lipinski definition) is 7. The van der Waals surface area contributed by atoms with E-state index in [-0.39, 0.29) is 23.7 Å². The van der Waals surface area contributed by atoms with Gasteiger partial charge in [0, 0.05) is 17.7 Å². The minimum atomic E-state index is -0.535. The zero-order valence-electron chi connectivity index (χ0n) is 16.7. The molecule has 0 aromatic heterocycles. The molecule has 30 heavy (non-hydrogen) atoms. The number of methoxy groups -OCH3 is 1. The molecule has 1 heterocycles. The predicted molar refractivity (Wildman–Crippen MR) is 114 cm³/mol. The monoisotopic (exact) mass is 428 g/mol. The third-order valence-electron chi connectivity index (χ3n) is 4.50. The minimum absolute atomic E-state index is 0.0987. The van der Waals surface area contributed by atoms with Crippen LogP contribution < -0.4 is 9.47 Å². The van der Waals surface area contributed by atoms with E-state index < -0.39 is 16.1 Å². The predicted octanol–water partition coefficient (Wildman–Crippen LogP) is 4.34. The number of imide groups is 1. The summed E-state index contributed by atoms with van der Waals surface area (Å²) in [5, 5.41) is 10.6. The van der Waals surface area contributed by atoms with Crippen molar-refractivity contribution in [3.63, 3.8) is 0 Å². The Balaban J connectivity index is 1.74. The largest absolute Gasteiger partial charge is 0.496 e. The molecule has 9 heteroatoms. The Morgan fingerprint density at radius 3 is 2.60 bits per heavy atom. The molecular weight excluding hydrogens is 408 g/mol. The molecule has 0 spiro atoms. The number of hydrogen-bond donors (Lipinski definition) is 0. The van der Waals surface area contributed by atoms with E-state index in [0.717, 1.165) is 27.8 Å². The van der Waals surface area contributed by atoms with Gasteiger partial charge in [-0.25, -0.2) is 0 Å². The maximum atomic E-state index is 12.7. The lowest BCUT2D eigenvalue weighted by Crippen LogP contribution is -2.32. The molecule has 2 amide bonds. The SMILES string of the molecule is COc1ccc([N+](=O)[O-])cc1/C=C1\SC(=O)N(CCOc2cc(C)ccc2C)C1=O. The highest BCUT2D eigenvalue weighted by Gasteiger charge is 2.35. The average Bonchev–Trinajstić information content (AvgIpc) is 2.97. The topological polar surface area (TPSA) is 99.0 Å². The lowest BCUT2D eigenvalue weighted by Gasteiger charge is -2.14. The van der Waals surface area contributed by atoms with Crippen LogP contribution in [0, 0.1) is 24.0 Å². The van der Waals surface area contributed by atoms with Crippen LogP contribution in [0.15, 0.2) is 41.3 Å². The van der Waals surface area contributed by atoms with Gasteiger partial charge in [-0.3, -0.25) is 24.6 Å². The van der Waals surface area contributed by atoms with Crippen molar-refractivity contribution in [3.05, 3.63) is 68.1 Å². The van der Waals surface area contributed by atoms with E-state index in [2.05, 4.69) is 0 Å². The number of nitro groups is 1. The zero-order valence-corrected chi connectivity index (χ0v) is 17.5. The van der Waals surface area contributed by atoms with E-state index in [1.807, 2.05) is 32.0 Å². The molecule has 8 nitrogen and oxygen atoms in total. The van der Waals surface area contributed by atoms with Crippen LogP contribution in [0.2, 0.25) is 0 Å². The summed E-state index contributed by atoms with van der Waals surface area (Å²) in [5.74, 6) is 0.604. The molecule has 1 aliphatic heterocycles. The molecule has 0 bridgehead atoms. The second-order valence-electron chi connectivity index (χ2n) is 6.63. The first-order chi connectivity index (χ1) is 14.3. The normalized spacial score (nSPS) is 15.0. The Hall–Kier alpha value is -3.33. The number of nitrogens with zero attached hydrogens (tertiary/aromatic N) is 2. The number of carbonyl (C=O) groups is 2. The summed E-state index contributed by atoms with van der Waals surface area (Å²) in [7, 11) is 1.43. The first-order valence-electron chi connectivity index (χ1n) is 9.08. The van der Waals surface area contributed by atoms with Crippen molar-refractivity contribution in [1.29, 1.82) is 0 Å². The highest BCUT2D eigenvalue weighted by atomic mass is 32.2. The second-order valence-corrected chi connectivity index (χ2v) is 7.63. The van der Waals surface area contributed by atoms with Crippen molar-refractivity contribution in [2.24, 2.45) is 0 Å². The van der Waals surface area contributed by atoms with Crippen molar-refractivity contribution in [1.82, 2.24) is 4.90 Å². The van der Waals surface area contributed by atoms with Crippen LogP contribution in [-0.4, -0.2) is 41.2 Å². The molecule has 1 fully saturated rings. The van der Waals surface area contributed by atoms with Gasteiger partial charge in [0.25, 0.3) is 16.8 Å². The van der Waals surface area contributed by atoms with Crippen LogP contribution in [0.25, 0.3) is 6.08 Å². The van der Waals surface area contributed by atoms with Gasteiger partial charge in [-0.1, -0.05) is 12.1 Å². The summed E-state index contributed by atoms with van der Waals surface area (Å²) in [6.45, 7) is 4.14. The molecule has 2 aromatic rings. The van der Waals surface area contributed by atoms with Gasteiger partial charge >= 0.3 is 0 Å². The fourth-order valence-corrected chi connectivity index (χ4v) is 3.75. The number of carbonyl (C=O) groups excluding carboxylic acids is 2. The molecule has 1 saturated heterocycles. The number of amides is 2. The standard InChI is InChI=1S/C21H20N2O6S/c1-13-4-5-14(2)18(10-13)29-9-8-22-20(24)19(30-21(22)25)12-15-11-16(23(26)27)6-7-17(15)28-3/h4-7,10-12H,8-9H2,1-3H3/b19-12-. The molecule has 3 rings (SSSR count). The Kier molecular flexibility index (Phi) is 6.41. The Bertz CT molecular complexity index is 1050. The van der Waals surface area contributed by atoms with E-state index in [0.29, 0.717) is 17.1 Å². The number of ether oxygens (including phenoxy) is 2. The Morgan fingerprint density at radius 1 is 1.13 bits per heavy atom. The number of aryl methyl sites for hydroxylation is 2. The van der Waals surface area contributed by atoms with Gasteiger partial charge in [-0.2, -0.15) is 0 Å². The number of nitro benzene ring substituents is 1. The highest BCUT2D eigenvalue weighted by Crippen LogP contribution is 2.35. The van der Waals surface area contributed by atoms with Crippen LogP contribution >= 0.6 is 11.8 Å². The maximum absolute atomic E-state index is 12.7. The third-order valence-corrected chi connectivity index (χ3v) is 5.41. The summed E-state index contributed by atoms with van der Waals surface area (Å²) >= 11 is 0.779. The van der Waals surface area contributed by atoms with Gasteiger partial charge in [0.2, 0.25) is 0 Å². The first-order valence-corrected chi connectivity index (χ1v) is 9.89. The molecule has 0 N–H and O–H groups in total. The zero-order chi connectivity index (χ0) is 21.8. The van der Waals surface area contributed by atoms with Gasteiger partial charge in [-0.15, -0.1) is 0 Å². The quantitative estimate of drug-likeness (QED) is 0.367. The molecule has 0 unspecified atom stereocenters. The van der Waals surface area contributed by atoms with E-state index in [4.69, 9.17) is 9.47 Å². The summed E-state index contributed by atoms with van der Waals surface area (Å²) in [6, 6.07) is 9.89. The number of non-ortho nitro benzene ring substituents is 1. The van der Waals surface area contributed by atoms with Gasteiger partial charge in [0.15, 0.2) is 0 Å². The van der Waals surface area contributed by atoms with Gasteiger partial charge in [0.05, 0.1) is 23.5 Å².